The lowest BCUT2D eigenvalue weighted by Crippen LogP contribution is -2.51. The third kappa shape index (κ3) is 4.54. The highest BCUT2D eigenvalue weighted by molar-refractivity contribution is 5.97. The molecule has 1 aliphatic rings. The maximum atomic E-state index is 12.4. The fourth-order valence-corrected chi connectivity index (χ4v) is 3.20. The quantitative estimate of drug-likeness (QED) is 0.823. The molecule has 0 aliphatic carbocycles. The van der Waals surface area contributed by atoms with Crippen LogP contribution in [0.2, 0.25) is 0 Å². The summed E-state index contributed by atoms with van der Waals surface area (Å²) in [6.07, 6.45) is 0. The first-order valence-corrected chi connectivity index (χ1v) is 9.20. The van der Waals surface area contributed by atoms with Crippen LogP contribution in [0, 0.1) is 0 Å². The molecule has 2 aromatic rings. The summed E-state index contributed by atoms with van der Waals surface area (Å²) in [5, 5.41) is 2.69. The number of hydrogen-bond donors (Lipinski definition) is 1. The van der Waals surface area contributed by atoms with Gasteiger partial charge in [0.2, 0.25) is 5.91 Å². The molecule has 7 nitrogen and oxygen atoms in total. The topological polar surface area (TPSA) is 71.1 Å². The van der Waals surface area contributed by atoms with E-state index in [4.69, 9.17) is 9.47 Å². The van der Waals surface area contributed by atoms with Crippen LogP contribution in [0.3, 0.4) is 0 Å². The minimum absolute atomic E-state index is 0.0293. The molecule has 0 aromatic heterocycles. The molecule has 1 aliphatic heterocycles. The fourth-order valence-electron chi connectivity index (χ4n) is 3.20. The summed E-state index contributed by atoms with van der Waals surface area (Å²) in [6.45, 7) is 2.80. The lowest BCUT2D eigenvalue weighted by atomic mass is 10.2. The van der Waals surface area contributed by atoms with Gasteiger partial charge in [-0.1, -0.05) is 18.2 Å². The maximum absolute atomic E-state index is 12.4. The van der Waals surface area contributed by atoms with E-state index < -0.39 is 0 Å². The van der Waals surface area contributed by atoms with Gasteiger partial charge in [0.05, 0.1) is 20.8 Å². The van der Waals surface area contributed by atoms with E-state index in [1.165, 1.54) is 14.2 Å². The van der Waals surface area contributed by atoms with Crippen molar-refractivity contribution in [1.29, 1.82) is 0 Å². The van der Waals surface area contributed by atoms with Crippen LogP contribution >= 0.6 is 0 Å². The third-order valence-corrected chi connectivity index (χ3v) is 4.80. The van der Waals surface area contributed by atoms with Crippen molar-refractivity contribution in [2.45, 2.75) is 0 Å². The second-order valence-corrected chi connectivity index (χ2v) is 6.46. The molecule has 148 valence electrons. The van der Waals surface area contributed by atoms with Crippen molar-refractivity contribution in [3.63, 3.8) is 0 Å². The molecule has 0 unspecified atom stereocenters. The predicted octanol–water partition coefficient (Wildman–Crippen LogP) is 1.78. The minimum Gasteiger partial charge on any atom is -0.493 e. The molecule has 2 amide bonds. The van der Waals surface area contributed by atoms with Crippen LogP contribution in [0.15, 0.2) is 48.5 Å². The van der Waals surface area contributed by atoms with E-state index in [-0.39, 0.29) is 18.4 Å². The average molecular weight is 383 g/mol. The Kier molecular flexibility index (Phi) is 6.37. The Bertz CT molecular complexity index is 818. The Morgan fingerprint density at radius 1 is 0.929 bits per heavy atom. The highest BCUT2D eigenvalue weighted by Crippen LogP contribution is 2.27. The monoisotopic (exact) mass is 383 g/mol. The molecule has 28 heavy (non-hydrogen) atoms. The van der Waals surface area contributed by atoms with Gasteiger partial charge in [0.25, 0.3) is 5.91 Å². The van der Waals surface area contributed by atoms with Crippen LogP contribution in [0.4, 0.5) is 5.69 Å². The molecular formula is C21H25N3O4. The normalized spacial score (nSPS) is 13.8. The molecule has 0 spiro atoms. The van der Waals surface area contributed by atoms with Gasteiger partial charge in [-0.3, -0.25) is 9.59 Å². The van der Waals surface area contributed by atoms with Crippen molar-refractivity contribution in [1.82, 2.24) is 10.2 Å². The Morgan fingerprint density at radius 3 is 2.25 bits per heavy atom. The SMILES string of the molecule is COc1ccc(C(=O)NCC(=O)N2CCN(c3ccccc3)CC2)cc1OC. The number of carbonyl (C=O) groups excluding carboxylic acids is 2. The van der Waals surface area contributed by atoms with E-state index >= 15 is 0 Å². The number of nitrogens with one attached hydrogen (secondary N) is 1. The van der Waals surface area contributed by atoms with Gasteiger partial charge >= 0.3 is 0 Å². The first-order chi connectivity index (χ1) is 13.6. The van der Waals surface area contributed by atoms with E-state index in [0.29, 0.717) is 30.2 Å². The van der Waals surface area contributed by atoms with E-state index in [2.05, 4.69) is 22.3 Å². The molecular weight excluding hydrogens is 358 g/mol. The lowest BCUT2D eigenvalue weighted by Gasteiger charge is -2.36. The second kappa shape index (κ2) is 9.12. The molecule has 0 atom stereocenters. The van der Waals surface area contributed by atoms with E-state index in [1.807, 2.05) is 18.2 Å². The minimum atomic E-state index is -0.322. The number of carbonyl (C=O) groups is 2. The summed E-state index contributed by atoms with van der Waals surface area (Å²) in [6, 6.07) is 15.1. The summed E-state index contributed by atoms with van der Waals surface area (Å²) in [5.41, 5.74) is 1.58. The molecule has 2 aromatic carbocycles. The van der Waals surface area contributed by atoms with Gasteiger partial charge in [0.15, 0.2) is 11.5 Å². The Hall–Kier alpha value is -3.22. The van der Waals surface area contributed by atoms with Crippen molar-refractivity contribution in [3.8, 4) is 11.5 Å². The summed E-state index contributed by atoms with van der Waals surface area (Å²) >= 11 is 0. The smallest absolute Gasteiger partial charge is 0.251 e. The summed E-state index contributed by atoms with van der Waals surface area (Å²) in [4.78, 5) is 28.8. The number of rotatable bonds is 6. The standard InChI is InChI=1S/C21H25N3O4/c1-27-18-9-8-16(14-19(18)28-2)21(26)22-15-20(25)24-12-10-23(11-13-24)17-6-4-3-5-7-17/h3-9,14H,10-13,15H2,1-2H3,(H,22,26). The lowest BCUT2D eigenvalue weighted by molar-refractivity contribution is -0.130. The molecule has 7 heteroatoms. The fraction of sp³-hybridized carbons (Fsp3) is 0.333. The molecule has 3 rings (SSSR count). The van der Waals surface area contributed by atoms with Crippen LogP contribution in [-0.2, 0) is 4.79 Å². The van der Waals surface area contributed by atoms with E-state index in [1.54, 1.807) is 23.1 Å². The van der Waals surface area contributed by atoms with Crippen molar-refractivity contribution in [2.24, 2.45) is 0 Å². The zero-order valence-corrected chi connectivity index (χ0v) is 16.2. The number of hydrogen-bond acceptors (Lipinski definition) is 5. The summed E-state index contributed by atoms with van der Waals surface area (Å²) < 4.78 is 10.4. The van der Waals surface area contributed by atoms with Crippen LogP contribution in [0.1, 0.15) is 10.4 Å². The van der Waals surface area contributed by atoms with Gasteiger partial charge in [-0.15, -0.1) is 0 Å². The first-order valence-electron chi connectivity index (χ1n) is 9.20. The largest absolute Gasteiger partial charge is 0.493 e. The second-order valence-electron chi connectivity index (χ2n) is 6.46. The predicted molar refractivity (Wildman–Crippen MR) is 107 cm³/mol. The zero-order valence-electron chi connectivity index (χ0n) is 16.2. The molecule has 1 heterocycles. The van der Waals surface area contributed by atoms with Gasteiger partial charge in [-0.25, -0.2) is 0 Å². The molecule has 0 bridgehead atoms. The highest BCUT2D eigenvalue weighted by Gasteiger charge is 2.21. The van der Waals surface area contributed by atoms with Crippen molar-refractivity contribution < 1.29 is 19.1 Å². The molecule has 0 radical (unpaired) electrons. The van der Waals surface area contributed by atoms with E-state index in [0.717, 1.165) is 18.8 Å². The van der Waals surface area contributed by atoms with Crippen LogP contribution in [0.5, 0.6) is 11.5 Å². The average Bonchev–Trinajstić information content (AvgIpc) is 2.77. The highest BCUT2D eigenvalue weighted by atomic mass is 16.5. The molecule has 0 saturated carbocycles. The summed E-state index contributed by atoms with van der Waals surface area (Å²) in [5.74, 6) is 0.615. The molecule has 1 N–H and O–H groups in total. The molecule has 1 fully saturated rings. The van der Waals surface area contributed by atoms with Gasteiger partial charge in [0.1, 0.15) is 0 Å². The van der Waals surface area contributed by atoms with Crippen molar-refractivity contribution in [2.75, 3.05) is 51.8 Å². The van der Waals surface area contributed by atoms with Crippen molar-refractivity contribution in [3.05, 3.63) is 54.1 Å². The number of ether oxygens (including phenoxy) is 2. The number of nitrogens with zero attached hydrogens (tertiary/aromatic N) is 2. The number of piperazine rings is 1. The number of anilines is 1. The Labute approximate surface area is 164 Å². The number of para-hydroxylation sites is 1. The van der Waals surface area contributed by atoms with E-state index in [9.17, 15) is 9.59 Å². The third-order valence-electron chi connectivity index (χ3n) is 4.80. The zero-order chi connectivity index (χ0) is 19.9. The Morgan fingerprint density at radius 2 is 1.61 bits per heavy atom. The van der Waals surface area contributed by atoms with Gasteiger partial charge in [-0.2, -0.15) is 0 Å². The van der Waals surface area contributed by atoms with Gasteiger partial charge in [-0.05, 0) is 30.3 Å². The van der Waals surface area contributed by atoms with Gasteiger partial charge < -0.3 is 24.6 Å². The maximum Gasteiger partial charge on any atom is 0.251 e. The molecule has 1 saturated heterocycles. The van der Waals surface area contributed by atoms with Crippen LogP contribution in [-0.4, -0.2) is 63.7 Å². The number of amides is 2. The number of methoxy groups -OCH3 is 2. The van der Waals surface area contributed by atoms with Crippen LogP contribution in [0.25, 0.3) is 0 Å². The van der Waals surface area contributed by atoms with Crippen molar-refractivity contribution >= 4 is 17.5 Å². The number of benzene rings is 2. The van der Waals surface area contributed by atoms with Crippen LogP contribution < -0.4 is 19.7 Å². The summed E-state index contributed by atoms with van der Waals surface area (Å²) in [7, 11) is 3.05. The first kappa shape index (κ1) is 19.5. The van der Waals surface area contributed by atoms with Gasteiger partial charge in [0, 0.05) is 37.4 Å². The Balaban J connectivity index is 1.50.